The third-order valence-electron chi connectivity index (χ3n) is 5.37. The summed E-state index contributed by atoms with van der Waals surface area (Å²) in [6.07, 6.45) is 5.45. The van der Waals surface area contributed by atoms with Gasteiger partial charge in [0.05, 0.1) is 17.9 Å². The number of hydrogen-bond acceptors (Lipinski definition) is 6. The zero-order valence-corrected chi connectivity index (χ0v) is 16.0. The maximum Gasteiger partial charge on any atom is 0.181 e. The van der Waals surface area contributed by atoms with Gasteiger partial charge in [0.15, 0.2) is 5.65 Å². The minimum absolute atomic E-state index is 0.277. The zero-order chi connectivity index (χ0) is 18.5. The molecule has 0 aromatic carbocycles. The minimum Gasteiger partial charge on any atom is -0.387 e. The van der Waals surface area contributed by atoms with Crippen LogP contribution in [0.15, 0.2) is 36.7 Å². The first-order valence-electron chi connectivity index (χ1n) is 9.02. The molecule has 1 N–H and O–H groups in total. The quantitative estimate of drug-likeness (QED) is 0.584. The van der Waals surface area contributed by atoms with Gasteiger partial charge in [-0.15, -0.1) is 11.3 Å². The fraction of sp³-hybridized carbons (Fsp3) is 0.350. The molecule has 1 aliphatic rings. The normalized spacial score (nSPS) is 20.9. The van der Waals surface area contributed by atoms with Gasteiger partial charge in [-0.3, -0.25) is 4.68 Å². The fourth-order valence-corrected chi connectivity index (χ4v) is 4.82. The van der Waals surface area contributed by atoms with Gasteiger partial charge in [0.1, 0.15) is 4.83 Å². The van der Waals surface area contributed by atoms with Gasteiger partial charge in [0.2, 0.25) is 0 Å². The van der Waals surface area contributed by atoms with Crippen molar-refractivity contribution in [3.63, 3.8) is 0 Å². The van der Waals surface area contributed by atoms with E-state index in [0.717, 1.165) is 50.2 Å². The van der Waals surface area contributed by atoms with E-state index >= 15 is 0 Å². The van der Waals surface area contributed by atoms with E-state index < -0.39 is 6.10 Å². The Morgan fingerprint density at radius 2 is 2.11 bits per heavy atom. The number of fused-ring (bicyclic) bond motifs is 2. The van der Waals surface area contributed by atoms with Crippen molar-refractivity contribution in [2.75, 3.05) is 7.11 Å². The molecule has 0 amide bonds. The largest absolute Gasteiger partial charge is 0.387 e. The van der Waals surface area contributed by atoms with Crippen molar-refractivity contribution >= 4 is 32.6 Å². The van der Waals surface area contributed by atoms with E-state index in [0.29, 0.717) is 6.10 Å². The van der Waals surface area contributed by atoms with Crippen molar-refractivity contribution in [3.05, 3.63) is 41.5 Å². The second-order valence-corrected chi connectivity index (χ2v) is 8.28. The van der Waals surface area contributed by atoms with Crippen LogP contribution in [0.3, 0.4) is 0 Å². The molecule has 0 bridgehead atoms. The first-order chi connectivity index (χ1) is 13.1. The molecule has 5 rings (SSSR count). The highest BCUT2D eigenvalue weighted by Crippen LogP contribution is 2.42. The van der Waals surface area contributed by atoms with Crippen LogP contribution < -0.4 is 0 Å². The molecule has 27 heavy (non-hydrogen) atoms. The highest BCUT2D eigenvalue weighted by molar-refractivity contribution is 7.18. The van der Waals surface area contributed by atoms with Crippen molar-refractivity contribution < 1.29 is 9.84 Å². The van der Waals surface area contributed by atoms with Crippen LogP contribution in [0.25, 0.3) is 32.5 Å². The maximum atomic E-state index is 10.7. The molecular formula is C20H20N4O2S. The number of rotatable bonds is 4. The monoisotopic (exact) mass is 380 g/mol. The third-order valence-corrected chi connectivity index (χ3v) is 6.49. The molecule has 1 saturated carbocycles. The number of aryl methyl sites for hydroxylation is 1. The lowest BCUT2D eigenvalue weighted by atomic mass is 9.78. The molecule has 138 valence electrons. The van der Waals surface area contributed by atoms with E-state index in [1.807, 2.05) is 25.5 Å². The highest BCUT2D eigenvalue weighted by Gasteiger charge is 2.35. The van der Waals surface area contributed by atoms with E-state index in [2.05, 4.69) is 28.3 Å². The van der Waals surface area contributed by atoms with E-state index in [4.69, 9.17) is 9.72 Å². The second kappa shape index (κ2) is 6.37. The van der Waals surface area contributed by atoms with Crippen molar-refractivity contribution in [1.29, 1.82) is 0 Å². The number of aliphatic hydroxyl groups excluding tert-OH is 1. The molecule has 0 spiro atoms. The second-order valence-electron chi connectivity index (χ2n) is 7.21. The van der Waals surface area contributed by atoms with E-state index in [9.17, 15) is 5.11 Å². The third kappa shape index (κ3) is 2.92. The van der Waals surface area contributed by atoms with Gasteiger partial charge in [0.25, 0.3) is 0 Å². The number of aromatic nitrogens is 4. The number of pyridine rings is 2. The molecule has 1 atom stereocenters. The molecule has 0 aliphatic heterocycles. The van der Waals surface area contributed by atoms with Crippen LogP contribution >= 0.6 is 11.3 Å². The first kappa shape index (κ1) is 16.8. The predicted molar refractivity (Wildman–Crippen MR) is 106 cm³/mol. The van der Waals surface area contributed by atoms with Crippen molar-refractivity contribution in [3.8, 4) is 11.3 Å². The summed E-state index contributed by atoms with van der Waals surface area (Å²) < 4.78 is 7.09. The summed E-state index contributed by atoms with van der Waals surface area (Å²) in [5.41, 5.74) is 2.58. The molecule has 1 aliphatic carbocycles. The first-order valence-corrected chi connectivity index (χ1v) is 9.83. The zero-order valence-electron chi connectivity index (χ0n) is 15.2. The van der Waals surface area contributed by atoms with Crippen LogP contribution in [0.1, 0.15) is 23.8 Å². The molecule has 6 nitrogen and oxygen atoms in total. The summed E-state index contributed by atoms with van der Waals surface area (Å²) in [5.74, 6) is 0.277. The SMILES string of the molecule is COC1CC([C@H](O)c2cc3ccc(-c4cnc5nn(C)cc5c4)nc3s2)C1. The number of methoxy groups -OCH3 is 1. The predicted octanol–water partition coefficient (Wildman–Crippen LogP) is 3.70. The molecule has 0 saturated heterocycles. The molecule has 0 unspecified atom stereocenters. The van der Waals surface area contributed by atoms with E-state index in [1.165, 1.54) is 0 Å². The summed E-state index contributed by atoms with van der Waals surface area (Å²) in [5, 5.41) is 17.0. The average Bonchev–Trinajstić information content (AvgIpc) is 3.21. The summed E-state index contributed by atoms with van der Waals surface area (Å²) in [4.78, 5) is 11.2. The van der Waals surface area contributed by atoms with Gasteiger partial charge < -0.3 is 9.84 Å². The Morgan fingerprint density at radius 1 is 1.26 bits per heavy atom. The van der Waals surface area contributed by atoms with Gasteiger partial charge in [0, 0.05) is 47.8 Å². The van der Waals surface area contributed by atoms with Crippen LogP contribution in [-0.2, 0) is 11.8 Å². The molecule has 0 radical (unpaired) electrons. The van der Waals surface area contributed by atoms with E-state index in [1.54, 1.807) is 23.1 Å². The lowest BCUT2D eigenvalue weighted by Crippen LogP contribution is -2.34. The number of thiophene rings is 1. The van der Waals surface area contributed by atoms with Gasteiger partial charge in [-0.2, -0.15) is 5.10 Å². The number of nitrogens with zero attached hydrogens (tertiary/aromatic N) is 4. The Balaban J connectivity index is 1.46. The molecule has 1 fully saturated rings. The molecule has 7 heteroatoms. The minimum atomic E-state index is -0.438. The summed E-state index contributed by atoms with van der Waals surface area (Å²) in [7, 11) is 3.62. The Bertz CT molecular complexity index is 1130. The Hall–Kier alpha value is -2.35. The van der Waals surface area contributed by atoms with Crippen molar-refractivity contribution in [2.24, 2.45) is 13.0 Å². The van der Waals surface area contributed by atoms with Gasteiger partial charge in [-0.25, -0.2) is 9.97 Å². The molecule has 4 aromatic rings. The summed E-state index contributed by atoms with van der Waals surface area (Å²) in [6, 6.07) is 8.20. The smallest absolute Gasteiger partial charge is 0.181 e. The Morgan fingerprint density at radius 3 is 2.93 bits per heavy atom. The van der Waals surface area contributed by atoms with Crippen molar-refractivity contribution in [1.82, 2.24) is 19.7 Å². The number of aliphatic hydroxyl groups is 1. The maximum absolute atomic E-state index is 10.7. The standard InChI is InChI=1S/C20H20N4O2S/c1-24-10-14-5-13(9-21-19(14)23-24)16-4-3-11-8-17(27-20(11)22-16)18(25)12-6-15(7-12)26-2/h3-5,8-10,12,15,18,25H,6-7H2,1-2H3/t12?,15?,18-/m0/s1. The van der Waals surface area contributed by atoms with Crippen LogP contribution in [0, 0.1) is 5.92 Å². The van der Waals surface area contributed by atoms with Crippen LogP contribution in [0.5, 0.6) is 0 Å². The Kier molecular flexibility index (Phi) is 3.96. The Labute approximate surface area is 160 Å². The van der Waals surface area contributed by atoms with Gasteiger partial charge in [-0.05, 0) is 43.0 Å². The highest BCUT2D eigenvalue weighted by atomic mass is 32.1. The summed E-state index contributed by atoms with van der Waals surface area (Å²) >= 11 is 1.57. The topological polar surface area (TPSA) is 73.1 Å². The van der Waals surface area contributed by atoms with Gasteiger partial charge >= 0.3 is 0 Å². The number of ether oxygens (including phenoxy) is 1. The molecular weight excluding hydrogens is 360 g/mol. The average molecular weight is 380 g/mol. The molecule has 4 aromatic heterocycles. The summed E-state index contributed by atoms with van der Waals surface area (Å²) in [6.45, 7) is 0. The number of hydrogen-bond donors (Lipinski definition) is 1. The van der Waals surface area contributed by atoms with Crippen molar-refractivity contribution in [2.45, 2.75) is 25.0 Å². The van der Waals surface area contributed by atoms with Crippen LogP contribution in [0.4, 0.5) is 0 Å². The van der Waals surface area contributed by atoms with Gasteiger partial charge in [-0.1, -0.05) is 0 Å². The fourth-order valence-electron chi connectivity index (χ4n) is 3.71. The molecule has 4 heterocycles. The lowest BCUT2D eigenvalue weighted by molar-refractivity contribution is -0.0501. The lowest BCUT2D eigenvalue weighted by Gasteiger charge is -2.36. The van der Waals surface area contributed by atoms with E-state index in [-0.39, 0.29) is 5.92 Å². The van der Waals surface area contributed by atoms with Crippen LogP contribution in [-0.4, -0.2) is 38.1 Å². The van der Waals surface area contributed by atoms with Crippen LogP contribution in [0.2, 0.25) is 0 Å².